The van der Waals surface area contributed by atoms with E-state index in [-0.39, 0.29) is 17.6 Å². The van der Waals surface area contributed by atoms with Gasteiger partial charge in [-0.15, -0.1) is 0 Å². The fraction of sp³-hybridized carbons (Fsp3) is 0.538. The van der Waals surface area contributed by atoms with E-state index in [9.17, 15) is 0 Å². The van der Waals surface area contributed by atoms with Gasteiger partial charge in [0.2, 0.25) is 0 Å². The summed E-state index contributed by atoms with van der Waals surface area (Å²) in [6.45, 7) is 4.28. The molecule has 1 aliphatic rings. The zero-order chi connectivity index (χ0) is 12.6. The number of hydrogen-bond acceptors (Lipinski definition) is 3. The second-order valence-corrected chi connectivity index (χ2v) is 5.92. The van der Waals surface area contributed by atoms with Crippen LogP contribution in [0, 0.1) is 5.41 Å². The van der Waals surface area contributed by atoms with Gasteiger partial charge in [0.05, 0.1) is 11.6 Å². The first-order valence-corrected chi connectivity index (χ1v) is 6.50. The monoisotopic (exact) mass is 299 g/mol. The molecule has 0 spiro atoms. The zero-order valence-corrected chi connectivity index (χ0v) is 12.0. The van der Waals surface area contributed by atoms with Crippen LogP contribution in [0.2, 0.25) is 0 Å². The molecule has 0 radical (unpaired) electrons. The van der Waals surface area contributed by atoms with Crippen LogP contribution in [0.15, 0.2) is 22.7 Å². The van der Waals surface area contributed by atoms with Crippen LogP contribution in [0.3, 0.4) is 0 Å². The van der Waals surface area contributed by atoms with Gasteiger partial charge in [-0.2, -0.15) is 0 Å². The molecule has 94 valence electrons. The van der Waals surface area contributed by atoms with Gasteiger partial charge in [0.15, 0.2) is 0 Å². The molecular weight excluding hydrogens is 282 g/mol. The molecule has 0 bridgehead atoms. The van der Waals surface area contributed by atoms with Crippen LogP contribution in [0.5, 0.6) is 11.5 Å². The van der Waals surface area contributed by atoms with E-state index in [0.717, 1.165) is 22.4 Å². The maximum atomic E-state index is 5.98. The molecule has 0 aliphatic heterocycles. The molecule has 0 amide bonds. The maximum absolute atomic E-state index is 5.98. The van der Waals surface area contributed by atoms with Crippen molar-refractivity contribution in [3.8, 4) is 11.5 Å². The Morgan fingerprint density at radius 3 is 2.59 bits per heavy atom. The first-order valence-electron chi connectivity index (χ1n) is 5.71. The highest BCUT2D eigenvalue weighted by atomic mass is 79.9. The van der Waals surface area contributed by atoms with Gasteiger partial charge in [0.1, 0.15) is 17.6 Å². The van der Waals surface area contributed by atoms with Gasteiger partial charge >= 0.3 is 0 Å². The molecule has 1 saturated carbocycles. The van der Waals surface area contributed by atoms with Gasteiger partial charge in [-0.25, -0.2) is 0 Å². The van der Waals surface area contributed by atoms with E-state index in [1.807, 2.05) is 18.2 Å². The Kier molecular flexibility index (Phi) is 3.36. The van der Waals surface area contributed by atoms with E-state index in [1.165, 1.54) is 0 Å². The van der Waals surface area contributed by atoms with E-state index < -0.39 is 0 Å². The lowest BCUT2D eigenvalue weighted by molar-refractivity contribution is -0.0404. The van der Waals surface area contributed by atoms with Crippen molar-refractivity contribution in [3.05, 3.63) is 22.7 Å². The van der Waals surface area contributed by atoms with Crippen LogP contribution in [-0.4, -0.2) is 19.3 Å². The molecule has 2 rings (SSSR count). The standard InChI is InChI=1S/C13H18BrNO2/c1-13(2)11(15)7-12(13)17-10-5-4-8(16-3)6-9(10)14/h4-6,11-12H,7,15H2,1-3H3. The lowest BCUT2D eigenvalue weighted by Gasteiger charge is -2.49. The average Bonchev–Trinajstić information content (AvgIpc) is 2.30. The fourth-order valence-electron chi connectivity index (χ4n) is 1.97. The summed E-state index contributed by atoms with van der Waals surface area (Å²) >= 11 is 3.49. The minimum absolute atomic E-state index is 0.0410. The molecule has 1 aliphatic carbocycles. The smallest absolute Gasteiger partial charge is 0.134 e. The third-order valence-corrected chi connectivity index (χ3v) is 4.28. The minimum Gasteiger partial charge on any atom is -0.497 e. The van der Waals surface area contributed by atoms with Gasteiger partial charge in [0.25, 0.3) is 0 Å². The SMILES string of the molecule is COc1ccc(OC2CC(N)C2(C)C)c(Br)c1. The van der Waals surface area contributed by atoms with Crippen molar-refractivity contribution in [3.63, 3.8) is 0 Å². The first kappa shape index (κ1) is 12.7. The van der Waals surface area contributed by atoms with E-state index in [0.29, 0.717) is 0 Å². The van der Waals surface area contributed by atoms with Crippen molar-refractivity contribution in [1.29, 1.82) is 0 Å². The Morgan fingerprint density at radius 2 is 2.12 bits per heavy atom. The molecule has 2 N–H and O–H groups in total. The molecule has 0 saturated heterocycles. The van der Waals surface area contributed by atoms with Crippen molar-refractivity contribution in [2.75, 3.05) is 7.11 Å². The number of rotatable bonds is 3. The summed E-state index contributed by atoms with van der Waals surface area (Å²) in [6.07, 6.45) is 1.09. The number of hydrogen-bond donors (Lipinski definition) is 1. The molecule has 1 fully saturated rings. The van der Waals surface area contributed by atoms with Crippen LogP contribution < -0.4 is 15.2 Å². The Balaban J connectivity index is 2.10. The summed E-state index contributed by atoms with van der Waals surface area (Å²) in [5, 5.41) is 0. The Bertz CT molecular complexity index is 420. The quantitative estimate of drug-likeness (QED) is 0.933. The molecule has 0 heterocycles. The Labute approximate surface area is 110 Å². The minimum atomic E-state index is 0.0410. The lowest BCUT2D eigenvalue weighted by atomic mass is 9.65. The predicted molar refractivity (Wildman–Crippen MR) is 71.5 cm³/mol. The average molecular weight is 300 g/mol. The molecular formula is C13H18BrNO2. The van der Waals surface area contributed by atoms with Gasteiger partial charge in [0, 0.05) is 17.9 Å². The van der Waals surface area contributed by atoms with Crippen molar-refractivity contribution in [2.45, 2.75) is 32.4 Å². The zero-order valence-electron chi connectivity index (χ0n) is 10.4. The molecule has 1 aromatic rings. The van der Waals surface area contributed by atoms with Crippen molar-refractivity contribution in [1.82, 2.24) is 0 Å². The number of methoxy groups -OCH3 is 1. The summed E-state index contributed by atoms with van der Waals surface area (Å²) in [4.78, 5) is 0. The first-order chi connectivity index (χ1) is 7.95. The molecule has 17 heavy (non-hydrogen) atoms. The van der Waals surface area contributed by atoms with Crippen LogP contribution in [0.1, 0.15) is 20.3 Å². The van der Waals surface area contributed by atoms with E-state index in [4.69, 9.17) is 15.2 Å². The number of ether oxygens (including phenoxy) is 2. The molecule has 0 aromatic heterocycles. The Morgan fingerprint density at radius 1 is 1.41 bits per heavy atom. The van der Waals surface area contributed by atoms with Crippen LogP contribution in [-0.2, 0) is 0 Å². The summed E-state index contributed by atoms with van der Waals surface area (Å²) in [5.74, 6) is 1.66. The van der Waals surface area contributed by atoms with Gasteiger partial charge < -0.3 is 15.2 Å². The molecule has 2 unspecified atom stereocenters. The highest BCUT2D eigenvalue weighted by Gasteiger charge is 2.48. The topological polar surface area (TPSA) is 44.5 Å². The van der Waals surface area contributed by atoms with E-state index in [2.05, 4.69) is 29.8 Å². The summed E-state index contributed by atoms with van der Waals surface area (Å²) in [6, 6.07) is 5.94. The highest BCUT2D eigenvalue weighted by Crippen LogP contribution is 2.43. The largest absolute Gasteiger partial charge is 0.497 e. The summed E-state index contributed by atoms with van der Waals surface area (Å²) < 4.78 is 12.0. The van der Waals surface area contributed by atoms with Crippen molar-refractivity contribution < 1.29 is 9.47 Å². The summed E-state index contributed by atoms with van der Waals surface area (Å²) in [7, 11) is 1.65. The molecule has 3 nitrogen and oxygen atoms in total. The van der Waals surface area contributed by atoms with Crippen molar-refractivity contribution in [2.24, 2.45) is 11.1 Å². The van der Waals surface area contributed by atoms with E-state index in [1.54, 1.807) is 7.11 Å². The lowest BCUT2D eigenvalue weighted by Crippen LogP contribution is -2.60. The van der Waals surface area contributed by atoms with Crippen LogP contribution in [0.25, 0.3) is 0 Å². The van der Waals surface area contributed by atoms with Gasteiger partial charge in [-0.1, -0.05) is 13.8 Å². The third-order valence-electron chi connectivity index (χ3n) is 3.66. The Hall–Kier alpha value is -0.740. The summed E-state index contributed by atoms with van der Waals surface area (Å²) in [5.41, 5.74) is 6.01. The molecule has 1 aromatic carbocycles. The molecule has 2 atom stereocenters. The van der Waals surface area contributed by atoms with Gasteiger partial charge in [-0.3, -0.25) is 0 Å². The fourth-order valence-corrected chi connectivity index (χ4v) is 2.43. The van der Waals surface area contributed by atoms with Crippen LogP contribution in [0.4, 0.5) is 0 Å². The number of halogens is 1. The maximum Gasteiger partial charge on any atom is 0.134 e. The van der Waals surface area contributed by atoms with Crippen molar-refractivity contribution >= 4 is 15.9 Å². The number of benzene rings is 1. The second kappa shape index (κ2) is 4.50. The third kappa shape index (κ3) is 2.29. The van der Waals surface area contributed by atoms with E-state index >= 15 is 0 Å². The number of nitrogens with two attached hydrogens (primary N) is 1. The predicted octanol–water partition coefficient (Wildman–Crippen LogP) is 2.96. The molecule has 4 heteroatoms. The highest BCUT2D eigenvalue weighted by molar-refractivity contribution is 9.10. The second-order valence-electron chi connectivity index (χ2n) is 5.07. The van der Waals surface area contributed by atoms with Crippen LogP contribution >= 0.6 is 15.9 Å². The normalized spacial score (nSPS) is 26.2. The van der Waals surface area contributed by atoms with Gasteiger partial charge in [-0.05, 0) is 34.1 Å².